The average molecular weight is 312 g/mol. The summed E-state index contributed by atoms with van der Waals surface area (Å²) in [6, 6.07) is 6.68. The summed E-state index contributed by atoms with van der Waals surface area (Å²) in [5.41, 5.74) is 2.87. The highest BCUT2D eigenvalue weighted by atomic mass is 127. The second-order valence-electron chi connectivity index (χ2n) is 3.61. The molecule has 0 saturated carbocycles. The fourth-order valence-corrected chi connectivity index (χ4v) is 2.18. The maximum absolute atomic E-state index is 3.70. The van der Waals surface area contributed by atoms with Gasteiger partial charge < -0.3 is 0 Å². The smallest absolute Gasteiger partial charge is 0.0133 e. The molecule has 0 bridgehead atoms. The van der Waals surface area contributed by atoms with Crippen LogP contribution in [0.1, 0.15) is 30.9 Å². The van der Waals surface area contributed by atoms with Crippen LogP contribution in [0.25, 0.3) is 0 Å². The van der Waals surface area contributed by atoms with E-state index in [0.717, 1.165) is 6.42 Å². The van der Waals surface area contributed by atoms with Gasteiger partial charge in [-0.15, -0.1) is 0 Å². The summed E-state index contributed by atoms with van der Waals surface area (Å²) < 4.78 is 1.30. The lowest BCUT2D eigenvalue weighted by Crippen LogP contribution is -1.96. The summed E-state index contributed by atoms with van der Waals surface area (Å²) >= 11 is 2.37. The van der Waals surface area contributed by atoms with E-state index in [1.807, 2.05) is 12.2 Å². The van der Waals surface area contributed by atoms with Gasteiger partial charge in [0.15, 0.2) is 0 Å². The van der Waals surface area contributed by atoms with Crippen LogP contribution >= 0.6 is 22.6 Å². The summed E-state index contributed by atoms with van der Waals surface area (Å²) in [5.74, 6) is 0.465. The van der Waals surface area contributed by atoms with E-state index in [2.05, 4.69) is 67.3 Å². The predicted octanol–water partition coefficient (Wildman–Crippen LogP) is 4.70. The Kier molecular flexibility index (Phi) is 5.09. The van der Waals surface area contributed by atoms with E-state index in [9.17, 15) is 0 Å². The van der Waals surface area contributed by atoms with Crippen molar-refractivity contribution in [2.24, 2.45) is 0 Å². The molecule has 0 nitrogen and oxygen atoms in total. The Morgan fingerprint density at radius 2 is 2.20 bits per heavy atom. The van der Waals surface area contributed by atoms with Crippen molar-refractivity contribution in [3.05, 3.63) is 57.7 Å². The summed E-state index contributed by atoms with van der Waals surface area (Å²) in [7, 11) is 0. The minimum Gasteiger partial charge on any atom is -0.0991 e. The standard InChI is InChI=1S/C14H17I/c1-4-6-7-11(3)14-10-13(15)9-8-12(14)5-2/h4,6-11H,1,5H2,2-3H3/b7-6-. The van der Waals surface area contributed by atoms with Gasteiger partial charge in [0.05, 0.1) is 0 Å². The van der Waals surface area contributed by atoms with Gasteiger partial charge in [-0.05, 0) is 58.2 Å². The van der Waals surface area contributed by atoms with Crippen LogP contribution in [-0.2, 0) is 6.42 Å². The van der Waals surface area contributed by atoms with Crippen LogP contribution < -0.4 is 0 Å². The van der Waals surface area contributed by atoms with Crippen molar-refractivity contribution >= 4 is 22.6 Å². The van der Waals surface area contributed by atoms with Crippen molar-refractivity contribution in [1.29, 1.82) is 0 Å². The van der Waals surface area contributed by atoms with E-state index in [-0.39, 0.29) is 0 Å². The normalized spacial score (nSPS) is 13.0. The Hall–Kier alpha value is -0.570. The lowest BCUT2D eigenvalue weighted by molar-refractivity contribution is 0.927. The molecule has 0 N–H and O–H groups in total. The second-order valence-corrected chi connectivity index (χ2v) is 4.85. The SMILES string of the molecule is C=C/C=C\C(C)c1cc(I)ccc1CC. The summed E-state index contributed by atoms with van der Waals surface area (Å²) in [5, 5.41) is 0. The topological polar surface area (TPSA) is 0 Å². The monoisotopic (exact) mass is 312 g/mol. The molecule has 1 unspecified atom stereocenters. The van der Waals surface area contributed by atoms with Crippen molar-refractivity contribution in [3.8, 4) is 0 Å². The molecule has 1 heteroatoms. The molecule has 0 saturated heterocycles. The molecule has 0 radical (unpaired) electrons. The molecule has 0 aliphatic rings. The van der Waals surface area contributed by atoms with E-state index >= 15 is 0 Å². The Labute approximate surface area is 106 Å². The zero-order chi connectivity index (χ0) is 11.3. The zero-order valence-corrected chi connectivity index (χ0v) is 11.5. The van der Waals surface area contributed by atoms with Crippen molar-refractivity contribution in [1.82, 2.24) is 0 Å². The molecular formula is C14H17I. The Morgan fingerprint density at radius 3 is 2.80 bits per heavy atom. The maximum atomic E-state index is 3.70. The molecule has 0 spiro atoms. The summed E-state index contributed by atoms with van der Waals surface area (Å²) in [6.07, 6.45) is 7.14. The Morgan fingerprint density at radius 1 is 1.47 bits per heavy atom. The first kappa shape index (κ1) is 12.5. The first-order chi connectivity index (χ1) is 7.19. The third-order valence-electron chi connectivity index (χ3n) is 2.52. The van der Waals surface area contributed by atoms with Gasteiger partial charge in [0.2, 0.25) is 0 Å². The Balaban J connectivity index is 3.04. The fourth-order valence-electron chi connectivity index (χ4n) is 1.66. The number of benzene rings is 1. The zero-order valence-electron chi connectivity index (χ0n) is 9.33. The number of halogens is 1. The third-order valence-corrected chi connectivity index (χ3v) is 3.19. The van der Waals surface area contributed by atoms with Crippen LogP contribution in [0.4, 0.5) is 0 Å². The minimum absolute atomic E-state index is 0.465. The largest absolute Gasteiger partial charge is 0.0991 e. The second kappa shape index (κ2) is 6.11. The molecule has 0 aliphatic carbocycles. The highest BCUT2D eigenvalue weighted by molar-refractivity contribution is 14.1. The van der Waals surface area contributed by atoms with E-state index in [1.165, 1.54) is 14.7 Å². The third kappa shape index (κ3) is 3.49. The number of hydrogen-bond acceptors (Lipinski definition) is 0. The first-order valence-corrected chi connectivity index (χ1v) is 6.34. The van der Waals surface area contributed by atoms with Crippen LogP contribution in [-0.4, -0.2) is 0 Å². The van der Waals surface area contributed by atoms with E-state index in [1.54, 1.807) is 0 Å². The molecule has 0 aliphatic heterocycles. The number of allylic oxidation sites excluding steroid dienone is 3. The fraction of sp³-hybridized carbons (Fsp3) is 0.286. The molecule has 1 aromatic carbocycles. The molecule has 0 aromatic heterocycles. The van der Waals surface area contributed by atoms with Crippen LogP contribution in [0.15, 0.2) is 43.0 Å². The highest BCUT2D eigenvalue weighted by Gasteiger charge is 2.06. The summed E-state index contributed by atoms with van der Waals surface area (Å²) in [4.78, 5) is 0. The number of aryl methyl sites for hydroxylation is 1. The number of hydrogen-bond donors (Lipinski definition) is 0. The van der Waals surface area contributed by atoms with Gasteiger partial charge in [-0.1, -0.05) is 44.7 Å². The highest BCUT2D eigenvalue weighted by Crippen LogP contribution is 2.24. The Bertz CT molecular complexity index is 364. The van der Waals surface area contributed by atoms with Crippen molar-refractivity contribution < 1.29 is 0 Å². The molecule has 0 amide bonds. The molecule has 15 heavy (non-hydrogen) atoms. The lowest BCUT2D eigenvalue weighted by Gasteiger charge is -2.12. The molecule has 1 atom stereocenters. The van der Waals surface area contributed by atoms with Gasteiger partial charge in [0.25, 0.3) is 0 Å². The molecule has 80 valence electrons. The molecule has 0 fully saturated rings. The van der Waals surface area contributed by atoms with Crippen molar-refractivity contribution in [2.75, 3.05) is 0 Å². The number of rotatable bonds is 4. The molecule has 0 heterocycles. The van der Waals surface area contributed by atoms with Crippen LogP contribution in [0.2, 0.25) is 0 Å². The van der Waals surface area contributed by atoms with Gasteiger partial charge in [-0.25, -0.2) is 0 Å². The van der Waals surface area contributed by atoms with Gasteiger partial charge >= 0.3 is 0 Å². The van der Waals surface area contributed by atoms with Crippen molar-refractivity contribution in [2.45, 2.75) is 26.2 Å². The van der Waals surface area contributed by atoms with Crippen LogP contribution in [0, 0.1) is 3.57 Å². The van der Waals surface area contributed by atoms with Crippen LogP contribution in [0.5, 0.6) is 0 Å². The first-order valence-electron chi connectivity index (χ1n) is 5.26. The molecule has 1 aromatic rings. The molecular weight excluding hydrogens is 295 g/mol. The van der Waals surface area contributed by atoms with E-state index < -0.39 is 0 Å². The molecule has 1 rings (SSSR count). The average Bonchev–Trinajstić information content (AvgIpc) is 2.25. The quantitative estimate of drug-likeness (QED) is 0.558. The van der Waals surface area contributed by atoms with Crippen LogP contribution in [0.3, 0.4) is 0 Å². The van der Waals surface area contributed by atoms with E-state index in [0.29, 0.717) is 5.92 Å². The van der Waals surface area contributed by atoms with Gasteiger partial charge in [-0.3, -0.25) is 0 Å². The van der Waals surface area contributed by atoms with Crippen molar-refractivity contribution in [3.63, 3.8) is 0 Å². The lowest BCUT2D eigenvalue weighted by atomic mass is 9.94. The minimum atomic E-state index is 0.465. The van der Waals surface area contributed by atoms with E-state index in [4.69, 9.17) is 0 Å². The van der Waals surface area contributed by atoms with Gasteiger partial charge in [0.1, 0.15) is 0 Å². The summed E-state index contributed by atoms with van der Waals surface area (Å²) in [6.45, 7) is 8.13. The van der Waals surface area contributed by atoms with Gasteiger partial charge in [-0.2, -0.15) is 0 Å². The maximum Gasteiger partial charge on any atom is 0.0133 e. The van der Waals surface area contributed by atoms with Gasteiger partial charge in [0, 0.05) is 3.57 Å². The predicted molar refractivity (Wildman–Crippen MR) is 76.3 cm³/mol.